The molecule has 2 aliphatic rings. The van der Waals surface area contributed by atoms with E-state index in [2.05, 4.69) is 51.6 Å². The van der Waals surface area contributed by atoms with Crippen LogP contribution < -0.4 is 10.6 Å². The van der Waals surface area contributed by atoms with Gasteiger partial charge < -0.3 is 20.1 Å². The molecule has 2 atom stereocenters. The highest BCUT2D eigenvalue weighted by Crippen LogP contribution is 2.44. The first-order chi connectivity index (χ1) is 22.9. The van der Waals surface area contributed by atoms with E-state index in [1.54, 1.807) is 31.2 Å². The molecule has 8 heteroatoms. The maximum absolute atomic E-state index is 13.1. The molecule has 0 spiro atoms. The zero-order valence-corrected chi connectivity index (χ0v) is 26.5. The first-order valence-corrected chi connectivity index (χ1v) is 15.8. The lowest BCUT2D eigenvalue weighted by Crippen LogP contribution is -2.54. The Kier molecular flexibility index (Phi) is 9.65. The number of hydrogen-bond donors (Lipinski definition) is 2. The van der Waals surface area contributed by atoms with Crippen molar-refractivity contribution >= 4 is 18.0 Å². The highest BCUT2D eigenvalue weighted by atomic mass is 16.5. The fraction of sp³-hybridized carbons (Fsp3) is 0.256. The second-order valence-electron chi connectivity index (χ2n) is 11.9. The molecule has 238 valence electrons. The van der Waals surface area contributed by atoms with E-state index in [9.17, 15) is 14.4 Å². The van der Waals surface area contributed by atoms with Gasteiger partial charge in [0.05, 0.1) is 13.2 Å². The molecule has 0 saturated carbocycles. The minimum atomic E-state index is -1.14. The van der Waals surface area contributed by atoms with Crippen molar-refractivity contribution in [1.82, 2.24) is 15.5 Å². The number of esters is 1. The molecule has 0 unspecified atom stereocenters. The van der Waals surface area contributed by atoms with Crippen LogP contribution in [0.15, 0.2) is 97.1 Å². The Bertz CT molecular complexity index is 1770. The van der Waals surface area contributed by atoms with Crippen molar-refractivity contribution in [2.75, 3.05) is 26.8 Å². The number of methoxy groups -OCH3 is 1. The van der Waals surface area contributed by atoms with Gasteiger partial charge in [-0.05, 0) is 90.6 Å². The van der Waals surface area contributed by atoms with Crippen molar-refractivity contribution in [2.24, 2.45) is 0 Å². The van der Waals surface area contributed by atoms with Gasteiger partial charge in [-0.25, -0.2) is 9.59 Å². The monoisotopic (exact) mass is 627 g/mol. The van der Waals surface area contributed by atoms with Gasteiger partial charge in [0.15, 0.2) is 0 Å². The van der Waals surface area contributed by atoms with E-state index >= 15 is 0 Å². The van der Waals surface area contributed by atoms with Crippen molar-refractivity contribution in [3.8, 4) is 23.0 Å². The molecule has 1 heterocycles. The number of likely N-dealkylation sites (tertiary alicyclic amines) is 1. The number of ether oxygens (including phenoxy) is 2. The average Bonchev–Trinajstić information content (AvgIpc) is 3.40. The van der Waals surface area contributed by atoms with Crippen LogP contribution in [0.25, 0.3) is 11.1 Å². The standard InChI is InChI=1S/C39H37N3O5/c1-26(40-39(45)47-25-35-33-10-5-3-8-31(33)32-9-4-6-11-34(32)35)36(38(44)46-2)41-37(43)30-20-18-28(19-21-30)13-12-27-14-16-29(17-15-27)24-42-22-7-23-42/h3-6,8-11,14-21,26,35-36H,7,22-25H2,1-2H3,(H,40,45)(H,41,43)/t26-,36+/m1/s1. The molecule has 6 rings (SSSR count). The van der Waals surface area contributed by atoms with Crippen LogP contribution in [0.5, 0.6) is 0 Å². The minimum Gasteiger partial charge on any atom is -0.467 e. The van der Waals surface area contributed by atoms with Crippen LogP contribution in [0.1, 0.15) is 57.4 Å². The van der Waals surface area contributed by atoms with Crippen molar-refractivity contribution in [1.29, 1.82) is 0 Å². The number of alkyl carbamates (subject to hydrolysis) is 1. The van der Waals surface area contributed by atoms with E-state index in [-0.39, 0.29) is 12.5 Å². The Labute approximate surface area is 275 Å². The van der Waals surface area contributed by atoms with Gasteiger partial charge >= 0.3 is 12.1 Å². The van der Waals surface area contributed by atoms with E-state index in [4.69, 9.17) is 9.47 Å². The smallest absolute Gasteiger partial charge is 0.407 e. The summed E-state index contributed by atoms with van der Waals surface area (Å²) < 4.78 is 10.6. The highest BCUT2D eigenvalue weighted by molar-refractivity contribution is 5.97. The summed E-state index contributed by atoms with van der Waals surface area (Å²) in [5.41, 5.74) is 7.73. The molecule has 0 bridgehead atoms. The summed E-state index contributed by atoms with van der Waals surface area (Å²) in [6, 6.07) is 29.2. The van der Waals surface area contributed by atoms with Crippen LogP contribution in [0.4, 0.5) is 4.79 Å². The Balaban J connectivity index is 1.04. The summed E-state index contributed by atoms with van der Waals surface area (Å²) in [6.45, 7) is 5.03. The second kappa shape index (κ2) is 14.4. The van der Waals surface area contributed by atoms with Crippen LogP contribution in [0, 0.1) is 11.8 Å². The van der Waals surface area contributed by atoms with E-state index in [0.717, 1.165) is 53.0 Å². The van der Waals surface area contributed by atoms with Gasteiger partial charge in [0.1, 0.15) is 12.6 Å². The maximum atomic E-state index is 13.1. The van der Waals surface area contributed by atoms with Gasteiger partial charge in [-0.1, -0.05) is 72.5 Å². The third-order valence-corrected chi connectivity index (χ3v) is 8.74. The highest BCUT2D eigenvalue weighted by Gasteiger charge is 2.32. The van der Waals surface area contributed by atoms with Crippen LogP contribution in [-0.4, -0.2) is 61.8 Å². The Morgan fingerprint density at radius 3 is 1.94 bits per heavy atom. The number of amides is 2. The SMILES string of the molecule is COC(=O)[C@@H](NC(=O)c1ccc(C#Cc2ccc(CN3CCC3)cc2)cc1)[C@@H](C)NC(=O)OCC1c2ccccc2-c2ccccc21. The molecule has 2 amide bonds. The number of hydrogen-bond acceptors (Lipinski definition) is 6. The number of fused-ring (bicyclic) bond motifs is 3. The zero-order valence-electron chi connectivity index (χ0n) is 26.5. The summed E-state index contributed by atoms with van der Waals surface area (Å²) in [4.78, 5) is 41.1. The Morgan fingerprint density at radius 2 is 1.38 bits per heavy atom. The van der Waals surface area contributed by atoms with Crippen LogP contribution >= 0.6 is 0 Å². The van der Waals surface area contributed by atoms with E-state index in [1.165, 1.54) is 19.1 Å². The topological polar surface area (TPSA) is 97.0 Å². The number of rotatable bonds is 9. The van der Waals surface area contributed by atoms with Crippen molar-refractivity contribution in [3.05, 3.63) is 130 Å². The molecule has 0 aromatic heterocycles. The molecule has 0 radical (unpaired) electrons. The lowest BCUT2D eigenvalue weighted by atomic mass is 9.98. The first-order valence-electron chi connectivity index (χ1n) is 15.8. The van der Waals surface area contributed by atoms with Crippen molar-refractivity contribution in [3.63, 3.8) is 0 Å². The third kappa shape index (κ3) is 7.37. The minimum absolute atomic E-state index is 0.104. The summed E-state index contributed by atoms with van der Waals surface area (Å²) in [5, 5.41) is 5.38. The van der Waals surface area contributed by atoms with E-state index in [1.807, 2.05) is 48.5 Å². The zero-order chi connectivity index (χ0) is 32.8. The average molecular weight is 628 g/mol. The summed E-state index contributed by atoms with van der Waals surface area (Å²) in [5.74, 6) is 5.02. The number of nitrogens with one attached hydrogen (secondary N) is 2. The fourth-order valence-electron chi connectivity index (χ4n) is 5.99. The molecule has 47 heavy (non-hydrogen) atoms. The van der Waals surface area contributed by atoms with Crippen molar-refractivity contribution in [2.45, 2.75) is 37.9 Å². The summed E-state index contributed by atoms with van der Waals surface area (Å²) in [6.07, 6.45) is 0.576. The number of benzene rings is 4. The summed E-state index contributed by atoms with van der Waals surface area (Å²) >= 11 is 0. The van der Waals surface area contributed by atoms with Gasteiger partial charge in [-0.3, -0.25) is 9.69 Å². The Morgan fingerprint density at radius 1 is 0.809 bits per heavy atom. The van der Waals surface area contributed by atoms with Crippen LogP contribution in [0.3, 0.4) is 0 Å². The van der Waals surface area contributed by atoms with E-state index in [0.29, 0.717) is 5.56 Å². The quantitative estimate of drug-likeness (QED) is 0.188. The third-order valence-electron chi connectivity index (χ3n) is 8.74. The normalized spacial score (nSPS) is 14.7. The number of nitrogens with zero attached hydrogens (tertiary/aromatic N) is 1. The molecule has 8 nitrogen and oxygen atoms in total. The molecule has 4 aromatic rings. The molecular weight excluding hydrogens is 590 g/mol. The van der Waals surface area contributed by atoms with Gasteiger partial charge in [-0.15, -0.1) is 0 Å². The predicted octanol–water partition coefficient (Wildman–Crippen LogP) is 5.49. The molecule has 1 saturated heterocycles. The second-order valence-corrected chi connectivity index (χ2v) is 11.9. The lowest BCUT2D eigenvalue weighted by molar-refractivity contribution is -0.143. The van der Waals surface area contributed by atoms with Crippen LogP contribution in [0.2, 0.25) is 0 Å². The van der Waals surface area contributed by atoms with Gasteiger partial charge in [0.2, 0.25) is 0 Å². The summed E-state index contributed by atoms with van der Waals surface area (Å²) in [7, 11) is 1.23. The van der Waals surface area contributed by atoms with Gasteiger partial charge in [-0.2, -0.15) is 0 Å². The van der Waals surface area contributed by atoms with Crippen molar-refractivity contribution < 1.29 is 23.9 Å². The predicted molar refractivity (Wildman–Crippen MR) is 180 cm³/mol. The number of carbonyl (C=O) groups is 3. The van der Waals surface area contributed by atoms with Gasteiger partial charge in [0.25, 0.3) is 5.91 Å². The van der Waals surface area contributed by atoms with E-state index < -0.39 is 30.1 Å². The molecule has 4 aromatic carbocycles. The lowest BCUT2D eigenvalue weighted by Gasteiger charge is -2.30. The van der Waals surface area contributed by atoms with Crippen LogP contribution in [-0.2, 0) is 20.8 Å². The maximum Gasteiger partial charge on any atom is 0.407 e. The largest absolute Gasteiger partial charge is 0.467 e. The fourth-order valence-corrected chi connectivity index (χ4v) is 5.99. The molecule has 1 aliphatic heterocycles. The van der Waals surface area contributed by atoms with Gasteiger partial charge in [0, 0.05) is 29.2 Å². The molecule has 1 aliphatic carbocycles. The first kappa shape index (κ1) is 31.6. The Hall–Kier alpha value is -5.39. The molecule has 1 fully saturated rings. The molecular formula is C39H37N3O5. The molecule has 2 N–H and O–H groups in total. The number of carbonyl (C=O) groups excluding carboxylic acids is 3.